The van der Waals surface area contributed by atoms with Crippen molar-refractivity contribution in [1.82, 2.24) is 0 Å². The monoisotopic (exact) mass is 210 g/mol. The van der Waals surface area contributed by atoms with E-state index in [2.05, 4.69) is 0 Å². The number of rotatable bonds is 2. The summed E-state index contributed by atoms with van der Waals surface area (Å²) in [7, 11) is 0. The van der Waals surface area contributed by atoms with Crippen molar-refractivity contribution >= 4 is 5.78 Å². The van der Waals surface area contributed by atoms with Crippen molar-refractivity contribution in [3.63, 3.8) is 0 Å². The van der Waals surface area contributed by atoms with E-state index in [1.165, 1.54) is 0 Å². The molecule has 1 saturated heterocycles. The van der Waals surface area contributed by atoms with Gasteiger partial charge >= 0.3 is 0 Å². The van der Waals surface area contributed by atoms with E-state index >= 15 is 0 Å². The molecular formula is C12H18O3. The van der Waals surface area contributed by atoms with E-state index in [1.54, 1.807) is 13.0 Å². The van der Waals surface area contributed by atoms with E-state index in [-0.39, 0.29) is 11.6 Å². The molecule has 1 saturated carbocycles. The number of carbonyl (C=O) groups is 1. The van der Waals surface area contributed by atoms with Gasteiger partial charge in [0, 0.05) is 12.8 Å². The van der Waals surface area contributed by atoms with Gasteiger partial charge in [0.25, 0.3) is 0 Å². The Morgan fingerprint density at radius 1 is 1.27 bits per heavy atom. The second-order valence-electron chi connectivity index (χ2n) is 4.41. The molecule has 0 N–H and O–H groups in total. The third-order valence-electron chi connectivity index (χ3n) is 3.21. The molecule has 0 aromatic carbocycles. The topological polar surface area (TPSA) is 35.5 Å². The molecule has 3 heteroatoms. The van der Waals surface area contributed by atoms with Gasteiger partial charge in [-0.1, -0.05) is 6.08 Å². The molecule has 84 valence electrons. The van der Waals surface area contributed by atoms with E-state index in [9.17, 15) is 4.79 Å². The molecule has 1 heterocycles. The maximum Gasteiger partial charge on any atom is 0.168 e. The van der Waals surface area contributed by atoms with Crippen molar-refractivity contribution in [1.29, 1.82) is 0 Å². The minimum Gasteiger partial charge on any atom is -0.348 e. The summed E-state index contributed by atoms with van der Waals surface area (Å²) in [5.41, 5.74) is 0. The fourth-order valence-corrected chi connectivity index (χ4v) is 2.33. The number of hydrogen-bond acceptors (Lipinski definition) is 3. The number of allylic oxidation sites excluding steroid dienone is 2. The Kier molecular flexibility index (Phi) is 3.22. The van der Waals surface area contributed by atoms with Crippen LogP contribution in [0.4, 0.5) is 0 Å². The summed E-state index contributed by atoms with van der Waals surface area (Å²) in [4.78, 5) is 10.8. The van der Waals surface area contributed by atoms with Crippen LogP contribution in [0.2, 0.25) is 0 Å². The van der Waals surface area contributed by atoms with Crippen LogP contribution >= 0.6 is 0 Å². The van der Waals surface area contributed by atoms with Crippen LogP contribution < -0.4 is 0 Å². The average molecular weight is 210 g/mol. The minimum atomic E-state index is -0.277. The Hall–Kier alpha value is -0.670. The van der Waals surface area contributed by atoms with E-state index in [1.807, 2.05) is 6.08 Å². The molecule has 15 heavy (non-hydrogen) atoms. The summed E-state index contributed by atoms with van der Waals surface area (Å²) in [6, 6.07) is 0. The molecule has 0 radical (unpaired) electrons. The highest BCUT2D eigenvalue weighted by Gasteiger charge is 2.39. The predicted octanol–water partition coefficient (Wildman–Crippen LogP) is 2.06. The Bertz CT molecular complexity index is 254. The SMILES string of the molecule is CC(=O)/C=C/C1CCC2(CC1)OCCO2. The molecule has 2 rings (SSSR count). The molecule has 0 amide bonds. The van der Waals surface area contributed by atoms with Gasteiger partial charge in [-0.05, 0) is 31.8 Å². The molecular weight excluding hydrogens is 192 g/mol. The van der Waals surface area contributed by atoms with Crippen molar-refractivity contribution in [2.75, 3.05) is 13.2 Å². The second kappa shape index (κ2) is 4.45. The molecule has 2 aliphatic rings. The molecule has 1 aliphatic heterocycles. The number of ketones is 1. The normalized spacial score (nSPS) is 26.5. The highest BCUT2D eigenvalue weighted by atomic mass is 16.7. The van der Waals surface area contributed by atoms with Gasteiger partial charge in [-0.15, -0.1) is 0 Å². The van der Waals surface area contributed by atoms with Crippen molar-refractivity contribution in [2.24, 2.45) is 5.92 Å². The zero-order valence-electron chi connectivity index (χ0n) is 9.20. The van der Waals surface area contributed by atoms with Crippen LogP contribution in [-0.4, -0.2) is 24.8 Å². The highest BCUT2D eigenvalue weighted by Crippen LogP contribution is 2.38. The van der Waals surface area contributed by atoms with Crippen molar-refractivity contribution in [3.05, 3.63) is 12.2 Å². The zero-order chi connectivity index (χ0) is 10.7. The summed E-state index contributed by atoms with van der Waals surface area (Å²) in [5.74, 6) is 0.372. The molecule has 0 bridgehead atoms. The fraction of sp³-hybridized carbons (Fsp3) is 0.750. The van der Waals surface area contributed by atoms with Gasteiger partial charge in [0.1, 0.15) is 0 Å². The smallest absolute Gasteiger partial charge is 0.168 e. The molecule has 0 aromatic rings. The number of ether oxygens (including phenoxy) is 2. The van der Waals surface area contributed by atoms with E-state index in [0.29, 0.717) is 5.92 Å². The lowest BCUT2D eigenvalue weighted by Crippen LogP contribution is -2.34. The highest BCUT2D eigenvalue weighted by molar-refractivity contribution is 5.87. The van der Waals surface area contributed by atoms with E-state index < -0.39 is 0 Å². The molecule has 3 nitrogen and oxygen atoms in total. The first-order valence-electron chi connectivity index (χ1n) is 5.67. The molecule has 1 spiro atoms. The van der Waals surface area contributed by atoms with Crippen molar-refractivity contribution in [2.45, 2.75) is 38.4 Å². The summed E-state index contributed by atoms with van der Waals surface area (Å²) in [6.45, 7) is 3.05. The van der Waals surface area contributed by atoms with E-state index in [4.69, 9.17) is 9.47 Å². The number of carbonyl (C=O) groups excluding carboxylic acids is 1. The van der Waals surface area contributed by atoms with Crippen molar-refractivity contribution in [3.8, 4) is 0 Å². The molecule has 1 aliphatic carbocycles. The summed E-state index contributed by atoms with van der Waals surface area (Å²) >= 11 is 0. The van der Waals surface area contributed by atoms with Gasteiger partial charge in [-0.25, -0.2) is 0 Å². The van der Waals surface area contributed by atoms with E-state index in [0.717, 1.165) is 38.9 Å². The Morgan fingerprint density at radius 3 is 2.40 bits per heavy atom. The predicted molar refractivity (Wildman–Crippen MR) is 56.4 cm³/mol. The van der Waals surface area contributed by atoms with Gasteiger partial charge in [0.05, 0.1) is 13.2 Å². The summed E-state index contributed by atoms with van der Waals surface area (Å²) < 4.78 is 11.3. The average Bonchev–Trinajstić information content (AvgIpc) is 2.66. The fourth-order valence-electron chi connectivity index (χ4n) is 2.33. The van der Waals surface area contributed by atoms with Crippen LogP contribution in [0.5, 0.6) is 0 Å². The third-order valence-corrected chi connectivity index (χ3v) is 3.21. The zero-order valence-corrected chi connectivity index (χ0v) is 9.20. The molecule has 0 unspecified atom stereocenters. The first kappa shape index (κ1) is 10.8. The maximum absolute atomic E-state index is 10.8. The lowest BCUT2D eigenvalue weighted by Gasteiger charge is -2.34. The molecule has 2 fully saturated rings. The number of hydrogen-bond donors (Lipinski definition) is 0. The standard InChI is InChI=1S/C12H18O3/c1-10(13)2-3-11-4-6-12(7-5-11)14-8-9-15-12/h2-3,11H,4-9H2,1H3/b3-2+. The maximum atomic E-state index is 10.8. The van der Waals surface area contributed by atoms with Gasteiger partial charge in [0.15, 0.2) is 11.6 Å². The first-order valence-corrected chi connectivity index (χ1v) is 5.67. The van der Waals surface area contributed by atoms with Gasteiger partial charge in [0.2, 0.25) is 0 Å². The quantitative estimate of drug-likeness (QED) is 0.654. The minimum absolute atomic E-state index is 0.128. The van der Waals surface area contributed by atoms with Crippen LogP contribution in [0.25, 0.3) is 0 Å². The Balaban J connectivity index is 1.84. The van der Waals surface area contributed by atoms with Gasteiger partial charge in [-0.2, -0.15) is 0 Å². The lowest BCUT2D eigenvalue weighted by molar-refractivity contribution is -0.180. The first-order chi connectivity index (χ1) is 7.20. The molecule has 0 aromatic heterocycles. The summed E-state index contributed by atoms with van der Waals surface area (Å²) in [5, 5.41) is 0. The van der Waals surface area contributed by atoms with Crippen LogP contribution in [0.15, 0.2) is 12.2 Å². The summed E-state index contributed by atoms with van der Waals surface area (Å²) in [6.07, 6.45) is 7.75. The van der Waals surface area contributed by atoms with Crippen LogP contribution in [-0.2, 0) is 14.3 Å². The Labute approximate surface area is 90.4 Å². The molecule has 0 atom stereocenters. The van der Waals surface area contributed by atoms with Crippen LogP contribution in [0.3, 0.4) is 0 Å². The Morgan fingerprint density at radius 2 is 1.87 bits per heavy atom. The van der Waals surface area contributed by atoms with Crippen LogP contribution in [0, 0.1) is 5.92 Å². The largest absolute Gasteiger partial charge is 0.348 e. The van der Waals surface area contributed by atoms with Gasteiger partial charge < -0.3 is 9.47 Å². The van der Waals surface area contributed by atoms with Crippen LogP contribution in [0.1, 0.15) is 32.6 Å². The lowest BCUT2D eigenvalue weighted by atomic mass is 9.85. The third kappa shape index (κ3) is 2.67. The second-order valence-corrected chi connectivity index (χ2v) is 4.41. The van der Waals surface area contributed by atoms with Crippen molar-refractivity contribution < 1.29 is 14.3 Å². The van der Waals surface area contributed by atoms with Gasteiger partial charge in [-0.3, -0.25) is 4.79 Å².